The molecular weight excluding hydrogens is 416 g/mol. The highest BCUT2D eigenvalue weighted by molar-refractivity contribution is 6.12. The van der Waals surface area contributed by atoms with Crippen LogP contribution in [0.15, 0.2) is 48.8 Å². The molecule has 2 aromatic carbocycles. The Morgan fingerprint density at radius 1 is 1.12 bits per heavy atom. The number of piperidine rings is 1. The summed E-state index contributed by atoms with van der Waals surface area (Å²) in [6.45, 7) is 4.10. The minimum atomic E-state index is -0.232. The molecule has 1 saturated heterocycles. The van der Waals surface area contributed by atoms with Crippen molar-refractivity contribution in [1.82, 2.24) is 24.9 Å². The molecule has 1 amide bonds. The van der Waals surface area contributed by atoms with Crippen molar-refractivity contribution in [3.63, 3.8) is 0 Å². The first-order chi connectivity index (χ1) is 16.0. The summed E-state index contributed by atoms with van der Waals surface area (Å²) >= 11 is 0. The van der Waals surface area contributed by atoms with E-state index >= 15 is 0 Å². The Balaban J connectivity index is 1.32. The summed E-state index contributed by atoms with van der Waals surface area (Å²) in [5.41, 5.74) is 4.92. The second-order valence-corrected chi connectivity index (χ2v) is 8.79. The highest BCUT2D eigenvalue weighted by atomic mass is 16.5. The van der Waals surface area contributed by atoms with Gasteiger partial charge in [-0.05, 0) is 74.3 Å². The molecule has 33 heavy (non-hydrogen) atoms. The Hall–Kier alpha value is -3.65. The molecule has 170 valence electrons. The second kappa shape index (κ2) is 8.71. The van der Waals surface area contributed by atoms with Crippen LogP contribution in [0.4, 0.5) is 5.69 Å². The molecule has 1 aliphatic rings. The van der Waals surface area contributed by atoms with Crippen LogP contribution in [0.2, 0.25) is 0 Å². The zero-order chi connectivity index (χ0) is 22.9. The molecule has 0 unspecified atom stereocenters. The Bertz CT molecular complexity index is 1280. The number of fused-ring (bicyclic) bond motifs is 1. The summed E-state index contributed by atoms with van der Waals surface area (Å²) in [5, 5.41) is 15.3. The largest absolute Gasteiger partial charge is 0.490 e. The first-order valence-corrected chi connectivity index (χ1v) is 11.2. The number of aromatic amines is 1. The predicted octanol–water partition coefficient (Wildman–Crippen LogP) is 4.00. The van der Waals surface area contributed by atoms with Crippen LogP contribution in [-0.2, 0) is 7.05 Å². The molecule has 3 heterocycles. The van der Waals surface area contributed by atoms with Crippen LogP contribution >= 0.6 is 0 Å². The molecule has 5 rings (SSSR count). The predicted molar refractivity (Wildman–Crippen MR) is 129 cm³/mol. The Labute approximate surface area is 192 Å². The number of aryl methyl sites for hydroxylation is 2. The Morgan fingerprint density at radius 2 is 1.88 bits per heavy atom. The Morgan fingerprint density at radius 3 is 2.58 bits per heavy atom. The molecule has 8 heteroatoms. The van der Waals surface area contributed by atoms with E-state index in [4.69, 9.17) is 4.74 Å². The molecule has 0 radical (unpaired) electrons. The van der Waals surface area contributed by atoms with Crippen molar-refractivity contribution in [3.8, 4) is 16.9 Å². The van der Waals surface area contributed by atoms with Crippen LogP contribution in [0.5, 0.6) is 5.75 Å². The number of benzene rings is 2. The zero-order valence-corrected chi connectivity index (χ0v) is 19.1. The van der Waals surface area contributed by atoms with E-state index in [9.17, 15) is 4.79 Å². The summed E-state index contributed by atoms with van der Waals surface area (Å²) in [6.07, 6.45) is 6.07. The second-order valence-electron chi connectivity index (χ2n) is 8.79. The van der Waals surface area contributed by atoms with E-state index in [2.05, 4.69) is 38.6 Å². The van der Waals surface area contributed by atoms with E-state index in [0.29, 0.717) is 11.4 Å². The maximum absolute atomic E-state index is 13.1. The number of H-pyrrole nitrogens is 1. The van der Waals surface area contributed by atoms with Gasteiger partial charge >= 0.3 is 0 Å². The molecule has 0 aliphatic carbocycles. The van der Waals surface area contributed by atoms with Crippen molar-refractivity contribution < 1.29 is 9.53 Å². The molecule has 2 aromatic heterocycles. The van der Waals surface area contributed by atoms with Crippen LogP contribution in [-0.4, -0.2) is 57.0 Å². The van der Waals surface area contributed by atoms with Crippen molar-refractivity contribution in [1.29, 1.82) is 0 Å². The molecule has 1 aliphatic heterocycles. The van der Waals surface area contributed by atoms with Gasteiger partial charge in [-0.25, -0.2) is 0 Å². The number of hydrogen-bond donors (Lipinski definition) is 2. The minimum absolute atomic E-state index is 0.232. The van der Waals surface area contributed by atoms with Gasteiger partial charge in [0.2, 0.25) is 0 Å². The average Bonchev–Trinajstić information content (AvgIpc) is 3.43. The maximum Gasteiger partial charge on any atom is 0.274 e. The van der Waals surface area contributed by atoms with Gasteiger partial charge in [-0.3, -0.25) is 14.6 Å². The van der Waals surface area contributed by atoms with E-state index < -0.39 is 0 Å². The molecule has 8 nitrogen and oxygen atoms in total. The van der Waals surface area contributed by atoms with E-state index in [0.717, 1.165) is 59.3 Å². The summed E-state index contributed by atoms with van der Waals surface area (Å²) in [5.74, 6) is 0.593. The number of aromatic nitrogens is 4. The first-order valence-electron chi connectivity index (χ1n) is 11.2. The van der Waals surface area contributed by atoms with Gasteiger partial charge in [-0.1, -0.05) is 0 Å². The zero-order valence-electron chi connectivity index (χ0n) is 19.1. The van der Waals surface area contributed by atoms with Gasteiger partial charge in [-0.15, -0.1) is 0 Å². The van der Waals surface area contributed by atoms with Gasteiger partial charge in [0.15, 0.2) is 0 Å². The fourth-order valence-corrected chi connectivity index (χ4v) is 4.31. The molecule has 0 atom stereocenters. The van der Waals surface area contributed by atoms with Crippen LogP contribution < -0.4 is 10.1 Å². The van der Waals surface area contributed by atoms with Crippen LogP contribution in [0, 0.1) is 6.92 Å². The average molecular weight is 445 g/mol. The lowest BCUT2D eigenvalue weighted by molar-refractivity contribution is 0.102. The fourth-order valence-electron chi connectivity index (χ4n) is 4.31. The number of hydrogen-bond acceptors (Lipinski definition) is 5. The Kier molecular flexibility index (Phi) is 5.60. The number of anilines is 1. The van der Waals surface area contributed by atoms with Gasteiger partial charge in [0.1, 0.15) is 17.5 Å². The number of rotatable bonds is 5. The summed E-state index contributed by atoms with van der Waals surface area (Å²) < 4.78 is 7.86. The van der Waals surface area contributed by atoms with Crippen molar-refractivity contribution in [2.75, 3.05) is 25.5 Å². The van der Waals surface area contributed by atoms with Crippen LogP contribution in [0.25, 0.3) is 22.0 Å². The summed E-state index contributed by atoms with van der Waals surface area (Å²) in [7, 11) is 4.02. The number of carbonyl (C=O) groups is 1. The summed E-state index contributed by atoms with van der Waals surface area (Å²) in [4.78, 5) is 15.4. The van der Waals surface area contributed by atoms with Gasteiger partial charge in [-0.2, -0.15) is 10.2 Å². The van der Waals surface area contributed by atoms with Crippen molar-refractivity contribution in [3.05, 3.63) is 60.0 Å². The highest BCUT2D eigenvalue weighted by Gasteiger charge is 2.19. The quantitative estimate of drug-likeness (QED) is 0.486. The van der Waals surface area contributed by atoms with E-state index in [1.165, 1.54) is 0 Å². The number of likely N-dealkylation sites (tertiary alicyclic amines) is 1. The van der Waals surface area contributed by atoms with Crippen molar-refractivity contribution >= 4 is 22.5 Å². The molecule has 4 aromatic rings. The molecule has 2 N–H and O–H groups in total. The number of nitrogens with one attached hydrogen (secondary N) is 2. The van der Waals surface area contributed by atoms with Gasteiger partial charge < -0.3 is 15.0 Å². The number of nitrogens with zero attached hydrogens (tertiary/aromatic N) is 4. The minimum Gasteiger partial charge on any atom is -0.490 e. The van der Waals surface area contributed by atoms with Gasteiger partial charge in [0, 0.05) is 43.0 Å². The van der Waals surface area contributed by atoms with Gasteiger partial charge in [0.25, 0.3) is 5.91 Å². The normalized spacial score (nSPS) is 15.1. The number of carbonyl (C=O) groups excluding carboxylic acids is 1. The maximum atomic E-state index is 13.1. The smallest absolute Gasteiger partial charge is 0.274 e. The molecular formula is C25H28N6O2. The highest BCUT2D eigenvalue weighted by Crippen LogP contribution is 2.29. The van der Waals surface area contributed by atoms with Crippen molar-refractivity contribution in [2.24, 2.45) is 7.05 Å². The topological polar surface area (TPSA) is 88.1 Å². The molecule has 0 bridgehead atoms. The lowest BCUT2D eigenvalue weighted by atomic mass is 10.0. The van der Waals surface area contributed by atoms with E-state index in [1.54, 1.807) is 4.68 Å². The lowest BCUT2D eigenvalue weighted by Crippen LogP contribution is -2.35. The van der Waals surface area contributed by atoms with Crippen LogP contribution in [0.1, 0.15) is 28.9 Å². The monoisotopic (exact) mass is 444 g/mol. The fraction of sp³-hybridized carbons (Fsp3) is 0.320. The third-order valence-corrected chi connectivity index (χ3v) is 6.20. The van der Waals surface area contributed by atoms with E-state index in [-0.39, 0.29) is 12.0 Å². The third kappa shape index (κ3) is 4.47. The number of amides is 1. The van der Waals surface area contributed by atoms with Crippen molar-refractivity contribution in [2.45, 2.75) is 25.9 Å². The van der Waals surface area contributed by atoms with E-state index in [1.807, 2.05) is 56.7 Å². The molecule has 0 spiro atoms. The number of ether oxygens (including phenoxy) is 1. The lowest BCUT2D eigenvalue weighted by Gasteiger charge is -2.29. The standard InChI is InChI=1S/C25H28N6O2/c1-16-12-17(18-14-26-31(3)15-18)13-22-23(16)28-29-24(22)25(32)27-19-4-6-20(7-5-19)33-21-8-10-30(2)11-9-21/h4-7,12-15,21H,8-11H2,1-3H3,(H,27,32)(H,28,29). The summed E-state index contributed by atoms with van der Waals surface area (Å²) in [6, 6.07) is 11.6. The van der Waals surface area contributed by atoms with Crippen LogP contribution in [0.3, 0.4) is 0 Å². The SMILES string of the molecule is Cc1cc(-c2cnn(C)c2)cc2c(C(=O)Nc3ccc(OC4CCN(C)CC4)cc3)[nH]nc12. The first kappa shape index (κ1) is 21.2. The third-order valence-electron chi connectivity index (χ3n) is 6.20. The van der Waals surface area contributed by atoms with Gasteiger partial charge in [0.05, 0.1) is 11.7 Å². The molecule has 1 fully saturated rings. The molecule has 0 saturated carbocycles.